The number of rotatable bonds is 5. The van der Waals surface area contributed by atoms with E-state index in [4.69, 9.17) is 0 Å². The summed E-state index contributed by atoms with van der Waals surface area (Å²) in [5, 5.41) is 9.47. The number of carboxylic acid groups (broad SMARTS) is 1. The molecule has 1 N–H and O–H groups in total. The fourth-order valence-corrected chi connectivity index (χ4v) is 2.13. The van der Waals surface area contributed by atoms with Gasteiger partial charge in [-0.2, -0.15) is 0 Å². The van der Waals surface area contributed by atoms with Crippen LogP contribution in [-0.2, 0) is 6.42 Å². The second-order valence-electron chi connectivity index (χ2n) is 4.47. The van der Waals surface area contributed by atoms with Gasteiger partial charge in [0.25, 0.3) is 0 Å². The van der Waals surface area contributed by atoms with Gasteiger partial charge in [0.2, 0.25) is 0 Å². The monoisotopic (exact) mass is 255 g/mol. The van der Waals surface area contributed by atoms with E-state index in [2.05, 4.69) is 11.9 Å². The van der Waals surface area contributed by atoms with E-state index in [9.17, 15) is 9.90 Å². The number of hydrogen-bond donors (Lipinski definition) is 1. The van der Waals surface area contributed by atoms with Gasteiger partial charge in [-0.05, 0) is 24.5 Å². The van der Waals surface area contributed by atoms with Crippen molar-refractivity contribution in [1.82, 2.24) is 4.98 Å². The van der Waals surface area contributed by atoms with Crippen LogP contribution in [0.5, 0.6) is 0 Å². The van der Waals surface area contributed by atoms with E-state index < -0.39 is 5.97 Å². The number of hydrogen-bond acceptors (Lipinski definition) is 2. The van der Waals surface area contributed by atoms with Crippen LogP contribution in [0, 0.1) is 0 Å². The molecule has 0 radical (unpaired) electrons. The SMILES string of the molecule is CCCCc1ccnc(-c2ccccc2)c1C(=O)O. The highest BCUT2D eigenvalue weighted by Gasteiger charge is 2.17. The summed E-state index contributed by atoms with van der Waals surface area (Å²) in [5.74, 6) is -0.905. The first kappa shape index (κ1) is 13.3. The van der Waals surface area contributed by atoms with Crippen LogP contribution >= 0.6 is 0 Å². The number of carbonyl (C=O) groups is 1. The van der Waals surface area contributed by atoms with Crippen LogP contribution in [0.1, 0.15) is 35.7 Å². The molecule has 0 aliphatic heterocycles. The highest BCUT2D eigenvalue weighted by Crippen LogP contribution is 2.25. The first-order chi connectivity index (χ1) is 9.24. The predicted molar refractivity (Wildman–Crippen MR) is 75.2 cm³/mol. The van der Waals surface area contributed by atoms with Gasteiger partial charge >= 0.3 is 5.97 Å². The molecule has 98 valence electrons. The molecule has 19 heavy (non-hydrogen) atoms. The Kier molecular flexibility index (Phi) is 4.29. The predicted octanol–water partition coefficient (Wildman–Crippen LogP) is 3.79. The molecule has 0 spiro atoms. The lowest BCUT2D eigenvalue weighted by Gasteiger charge is -2.10. The Balaban J connectivity index is 2.52. The number of pyridine rings is 1. The number of carboxylic acids is 1. The third-order valence-electron chi connectivity index (χ3n) is 3.10. The Hall–Kier alpha value is -2.16. The maximum absolute atomic E-state index is 11.5. The number of aromatic carboxylic acids is 1. The average molecular weight is 255 g/mol. The molecule has 3 nitrogen and oxygen atoms in total. The van der Waals surface area contributed by atoms with Crippen molar-refractivity contribution >= 4 is 5.97 Å². The second-order valence-corrected chi connectivity index (χ2v) is 4.47. The fraction of sp³-hybridized carbons (Fsp3) is 0.250. The zero-order valence-corrected chi connectivity index (χ0v) is 11.0. The lowest BCUT2D eigenvalue weighted by atomic mass is 9.98. The van der Waals surface area contributed by atoms with Crippen LogP contribution in [-0.4, -0.2) is 16.1 Å². The molecule has 0 fully saturated rings. The van der Waals surface area contributed by atoms with E-state index >= 15 is 0 Å². The third kappa shape index (κ3) is 2.99. The molecule has 2 aromatic rings. The Morgan fingerprint density at radius 1 is 1.21 bits per heavy atom. The zero-order chi connectivity index (χ0) is 13.7. The zero-order valence-electron chi connectivity index (χ0n) is 11.0. The molecule has 3 heteroatoms. The molecular weight excluding hydrogens is 238 g/mol. The molecule has 1 aromatic heterocycles. The largest absolute Gasteiger partial charge is 0.478 e. The van der Waals surface area contributed by atoms with Crippen molar-refractivity contribution in [2.75, 3.05) is 0 Å². The molecule has 1 heterocycles. The minimum Gasteiger partial charge on any atom is -0.478 e. The van der Waals surface area contributed by atoms with Gasteiger partial charge in [0, 0.05) is 11.8 Å². The van der Waals surface area contributed by atoms with Gasteiger partial charge in [-0.1, -0.05) is 43.7 Å². The average Bonchev–Trinajstić information content (AvgIpc) is 2.45. The van der Waals surface area contributed by atoms with Crippen LogP contribution in [0.15, 0.2) is 42.6 Å². The third-order valence-corrected chi connectivity index (χ3v) is 3.10. The minimum absolute atomic E-state index is 0.335. The molecule has 0 aliphatic carbocycles. The Morgan fingerprint density at radius 3 is 2.58 bits per heavy atom. The van der Waals surface area contributed by atoms with E-state index in [-0.39, 0.29) is 0 Å². The summed E-state index contributed by atoms with van der Waals surface area (Å²) in [7, 11) is 0. The number of nitrogens with zero attached hydrogens (tertiary/aromatic N) is 1. The fourth-order valence-electron chi connectivity index (χ4n) is 2.13. The smallest absolute Gasteiger partial charge is 0.338 e. The minimum atomic E-state index is -0.905. The van der Waals surface area contributed by atoms with Crippen molar-refractivity contribution < 1.29 is 9.90 Å². The molecule has 0 bridgehead atoms. The van der Waals surface area contributed by atoms with Gasteiger partial charge in [0.15, 0.2) is 0 Å². The molecule has 0 amide bonds. The van der Waals surface area contributed by atoms with E-state index in [0.717, 1.165) is 30.4 Å². The van der Waals surface area contributed by atoms with Gasteiger partial charge in [0.05, 0.1) is 11.3 Å². The summed E-state index contributed by atoms with van der Waals surface area (Å²) < 4.78 is 0. The summed E-state index contributed by atoms with van der Waals surface area (Å²) in [4.78, 5) is 15.8. The van der Waals surface area contributed by atoms with Crippen LogP contribution in [0.4, 0.5) is 0 Å². The summed E-state index contributed by atoms with van der Waals surface area (Å²) in [6.07, 6.45) is 4.50. The Labute approximate surface area is 112 Å². The molecule has 2 rings (SSSR count). The Bertz CT molecular complexity index is 564. The number of aromatic nitrogens is 1. The van der Waals surface area contributed by atoms with Crippen LogP contribution in [0.3, 0.4) is 0 Å². The van der Waals surface area contributed by atoms with Crippen molar-refractivity contribution in [2.45, 2.75) is 26.2 Å². The van der Waals surface area contributed by atoms with Crippen LogP contribution < -0.4 is 0 Å². The van der Waals surface area contributed by atoms with Gasteiger partial charge in [-0.25, -0.2) is 4.79 Å². The normalized spacial score (nSPS) is 10.4. The van der Waals surface area contributed by atoms with E-state index in [0.29, 0.717) is 11.3 Å². The molecule has 0 unspecified atom stereocenters. The summed E-state index contributed by atoms with van der Waals surface area (Å²) in [6, 6.07) is 11.3. The van der Waals surface area contributed by atoms with E-state index in [1.54, 1.807) is 6.20 Å². The molecule has 0 saturated carbocycles. The topological polar surface area (TPSA) is 50.2 Å². The number of aryl methyl sites for hydroxylation is 1. The van der Waals surface area contributed by atoms with Gasteiger partial charge < -0.3 is 5.11 Å². The summed E-state index contributed by atoms with van der Waals surface area (Å²) >= 11 is 0. The molecule has 0 saturated heterocycles. The highest BCUT2D eigenvalue weighted by molar-refractivity contribution is 5.96. The van der Waals surface area contributed by atoms with Gasteiger partial charge in [-0.3, -0.25) is 4.98 Å². The summed E-state index contributed by atoms with van der Waals surface area (Å²) in [6.45, 7) is 2.10. The van der Waals surface area contributed by atoms with Crippen molar-refractivity contribution in [3.05, 3.63) is 53.7 Å². The molecule has 0 aliphatic rings. The number of benzene rings is 1. The van der Waals surface area contributed by atoms with E-state index in [1.807, 2.05) is 36.4 Å². The van der Waals surface area contributed by atoms with Crippen molar-refractivity contribution in [2.24, 2.45) is 0 Å². The molecular formula is C16H17NO2. The summed E-state index contributed by atoms with van der Waals surface area (Å²) in [5.41, 5.74) is 2.60. The van der Waals surface area contributed by atoms with Crippen molar-refractivity contribution in [3.8, 4) is 11.3 Å². The van der Waals surface area contributed by atoms with Crippen LogP contribution in [0.25, 0.3) is 11.3 Å². The van der Waals surface area contributed by atoms with Crippen LogP contribution in [0.2, 0.25) is 0 Å². The van der Waals surface area contributed by atoms with E-state index in [1.165, 1.54) is 0 Å². The number of unbranched alkanes of at least 4 members (excludes halogenated alkanes) is 1. The second kappa shape index (κ2) is 6.14. The maximum atomic E-state index is 11.5. The highest BCUT2D eigenvalue weighted by atomic mass is 16.4. The first-order valence-electron chi connectivity index (χ1n) is 6.50. The maximum Gasteiger partial charge on any atom is 0.338 e. The molecule has 0 atom stereocenters. The quantitative estimate of drug-likeness (QED) is 0.884. The first-order valence-corrected chi connectivity index (χ1v) is 6.50. The standard InChI is InChI=1S/C16H17NO2/c1-2-3-7-12-10-11-17-15(14(12)16(18)19)13-8-5-4-6-9-13/h4-6,8-11H,2-3,7H2,1H3,(H,18,19). The lowest BCUT2D eigenvalue weighted by molar-refractivity contribution is 0.0696. The molecule has 1 aromatic carbocycles. The van der Waals surface area contributed by atoms with Crippen molar-refractivity contribution in [1.29, 1.82) is 0 Å². The van der Waals surface area contributed by atoms with Gasteiger partial charge in [0.1, 0.15) is 0 Å². The van der Waals surface area contributed by atoms with Crippen molar-refractivity contribution in [3.63, 3.8) is 0 Å². The lowest BCUT2D eigenvalue weighted by Crippen LogP contribution is -2.07. The Morgan fingerprint density at radius 2 is 1.95 bits per heavy atom. The van der Waals surface area contributed by atoms with Gasteiger partial charge in [-0.15, -0.1) is 0 Å².